The highest BCUT2D eigenvalue weighted by atomic mass is 35.5. The Hall–Kier alpha value is -1.55. The van der Waals surface area contributed by atoms with E-state index in [1.807, 2.05) is 0 Å². The van der Waals surface area contributed by atoms with E-state index in [-0.39, 0.29) is 11.9 Å². The molecule has 1 N–H and O–H groups in total. The number of hydrogen-bond donors (Lipinski definition) is 1. The molecular weight excluding hydrogens is 214 g/mol. The van der Waals surface area contributed by atoms with E-state index in [9.17, 15) is 4.79 Å². The molecule has 15 heavy (non-hydrogen) atoms. The second-order valence-corrected chi connectivity index (χ2v) is 3.78. The first-order valence-electron chi connectivity index (χ1n) is 4.48. The van der Waals surface area contributed by atoms with E-state index >= 15 is 0 Å². The number of likely N-dealkylation sites (N-methyl/N-ethyl adjacent to an activating group) is 1. The highest BCUT2D eigenvalue weighted by Crippen LogP contribution is 2.28. The normalized spacial score (nSPS) is 16.4. The number of amidine groups is 1. The van der Waals surface area contributed by atoms with Gasteiger partial charge in [-0.25, -0.2) is 9.69 Å². The maximum absolute atomic E-state index is 11.7. The average Bonchev–Trinajstić information content (AvgIpc) is 2.43. The van der Waals surface area contributed by atoms with Crippen LogP contribution in [0.25, 0.3) is 0 Å². The van der Waals surface area contributed by atoms with Crippen molar-refractivity contribution in [1.29, 1.82) is 5.41 Å². The lowest BCUT2D eigenvalue weighted by Gasteiger charge is -2.16. The van der Waals surface area contributed by atoms with Crippen molar-refractivity contribution < 1.29 is 4.79 Å². The molecule has 2 amide bonds. The number of halogens is 1. The first-order valence-corrected chi connectivity index (χ1v) is 4.86. The third kappa shape index (κ3) is 1.57. The van der Waals surface area contributed by atoms with Gasteiger partial charge >= 0.3 is 6.03 Å². The summed E-state index contributed by atoms with van der Waals surface area (Å²) in [5, 5.41) is 8.18. The fourth-order valence-electron chi connectivity index (χ4n) is 1.53. The zero-order valence-electron chi connectivity index (χ0n) is 8.20. The molecule has 0 unspecified atom stereocenters. The number of anilines is 1. The Kier molecular flexibility index (Phi) is 2.36. The number of para-hydroxylation sites is 1. The van der Waals surface area contributed by atoms with Gasteiger partial charge in [0, 0.05) is 7.05 Å². The molecule has 0 bridgehead atoms. The molecule has 2 rings (SSSR count). The minimum atomic E-state index is -0.215. The lowest BCUT2D eigenvalue weighted by molar-refractivity contribution is 0.229. The maximum Gasteiger partial charge on any atom is 0.330 e. The topological polar surface area (TPSA) is 47.4 Å². The Bertz CT molecular complexity index is 432. The predicted molar refractivity (Wildman–Crippen MR) is 59.7 cm³/mol. The van der Waals surface area contributed by atoms with Crippen LogP contribution in [0.15, 0.2) is 24.3 Å². The number of rotatable bonds is 1. The average molecular weight is 224 g/mol. The quantitative estimate of drug-likeness (QED) is 0.780. The SMILES string of the molecule is CN1CC(=N)N(c2ccccc2Cl)C1=O. The molecule has 1 saturated heterocycles. The smallest absolute Gasteiger partial charge is 0.320 e. The van der Waals surface area contributed by atoms with Crippen molar-refractivity contribution in [2.75, 3.05) is 18.5 Å². The standard InChI is InChI=1S/C10H10ClN3O/c1-13-6-9(12)14(10(13)15)8-5-3-2-4-7(8)11/h2-5,12H,6H2,1H3. The summed E-state index contributed by atoms with van der Waals surface area (Å²) >= 11 is 5.97. The summed E-state index contributed by atoms with van der Waals surface area (Å²) in [5.41, 5.74) is 0.568. The lowest BCUT2D eigenvalue weighted by Crippen LogP contribution is -2.31. The van der Waals surface area contributed by atoms with Crippen LogP contribution in [-0.4, -0.2) is 30.4 Å². The van der Waals surface area contributed by atoms with Crippen LogP contribution in [0.5, 0.6) is 0 Å². The first-order chi connectivity index (χ1) is 7.11. The van der Waals surface area contributed by atoms with Crippen LogP contribution in [0.1, 0.15) is 0 Å². The van der Waals surface area contributed by atoms with Crippen LogP contribution in [0.2, 0.25) is 5.02 Å². The van der Waals surface area contributed by atoms with Gasteiger partial charge in [0.25, 0.3) is 0 Å². The van der Waals surface area contributed by atoms with Gasteiger partial charge < -0.3 is 4.90 Å². The summed E-state index contributed by atoms with van der Waals surface area (Å²) in [4.78, 5) is 14.5. The Labute approximate surface area is 92.6 Å². The van der Waals surface area contributed by atoms with Gasteiger partial charge in [-0.2, -0.15) is 0 Å². The van der Waals surface area contributed by atoms with Gasteiger partial charge in [0.15, 0.2) is 0 Å². The minimum absolute atomic E-state index is 0.215. The number of carbonyl (C=O) groups excluding carboxylic acids is 1. The monoisotopic (exact) mass is 223 g/mol. The highest BCUT2D eigenvalue weighted by Gasteiger charge is 2.32. The summed E-state index contributed by atoms with van der Waals surface area (Å²) in [6, 6.07) is 6.80. The van der Waals surface area contributed by atoms with Gasteiger partial charge in [0.2, 0.25) is 0 Å². The number of benzene rings is 1. The molecule has 1 aliphatic heterocycles. The maximum atomic E-state index is 11.7. The molecule has 0 aliphatic carbocycles. The summed E-state index contributed by atoms with van der Waals surface area (Å²) in [5.74, 6) is 0.246. The van der Waals surface area contributed by atoms with Crippen LogP contribution in [0.4, 0.5) is 10.5 Å². The molecule has 0 radical (unpaired) electrons. The molecule has 0 saturated carbocycles. The number of hydrogen-bond acceptors (Lipinski definition) is 2. The van der Waals surface area contributed by atoms with E-state index in [4.69, 9.17) is 17.0 Å². The van der Waals surface area contributed by atoms with Crippen molar-refractivity contribution >= 4 is 29.2 Å². The van der Waals surface area contributed by atoms with Gasteiger partial charge in [0.1, 0.15) is 5.84 Å². The Morgan fingerprint density at radius 3 is 2.60 bits per heavy atom. The summed E-state index contributed by atoms with van der Waals surface area (Å²) < 4.78 is 0. The van der Waals surface area contributed by atoms with Crippen molar-refractivity contribution in [2.45, 2.75) is 0 Å². The molecule has 1 heterocycles. The zero-order chi connectivity index (χ0) is 11.0. The number of amides is 2. The van der Waals surface area contributed by atoms with Crippen molar-refractivity contribution in [2.24, 2.45) is 0 Å². The number of nitrogens with one attached hydrogen (secondary N) is 1. The molecular formula is C10H10ClN3O. The Morgan fingerprint density at radius 1 is 1.40 bits per heavy atom. The summed E-state index contributed by atoms with van der Waals surface area (Å²) in [6.45, 7) is 0.323. The van der Waals surface area contributed by atoms with E-state index in [0.29, 0.717) is 17.3 Å². The van der Waals surface area contributed by atoms with Crippen LogP contribution >= 0.6 is 11.6 Å². The van der Waals surface area contributed by atoms with Crippen LogP contribution in [0.3, 0.4) is 0 Å². The number of nitrogens with zero attached hydrogens (tertiary/aromatic N) is 2. The molecule has 0 atom stereocenters. The van der Waals surface area contributed by atoms with E-state index in [0.717, 1.165) is 0 Å². The van der Waals surface area contributed by atoms with Gasteiger partial charge in [0.05, 0.1) is 17.3 Å². The summed E-state index contributed by atoms with van der Waals surface area (Å²) in [7, 11) is 1.66. The van der Waals surface area contributed by atoms with Crippen LogP contribution < -0.4 is 4.90 Å². The summed E-state index contributed by atoms with van der Waals surface area (Å²) in [6.07, 6.45) is 0. The molecule has 0 spiro atoms. The number of carbonyl (C=O) groups is 1. The van der Waals surface area contributed by atoms with Crippen molar-refractivity contribution in [1.82, 2.24) is 4.90 Å². The Morgan fingerprint density at radius 2 is 2.07 bits per heavy atom. The molecule has 5 heteroatoms. The van der Waals surface area contributed by atoms with E-state index in [1.165, 1.54) is 9.80 Å². The van der Waals surface area contributed by atoms with Crippen LogP contribution in [0, 0.1) is 5.41 Å². The second-order valence-electron chi connectivity index (χ2n) is 3.37. The van der Waals surface area contributed by atoms with Crippen LogP contribution in [-0.2, 0) is 0 Å². The predicted octanol–water partition coefficient (Wildman–Crippen LogP) is 2.19. The fraction of sp³-hybridized carbons (Fsp3) is 0.200. The fourth-order valence-corrected chi connectivity index (χ4v) is 1.75. The molecule has 1 aliphatic rings. The van der Waals surface area contributed by atoms with Gasteiger partial charge in [-0.15, -0.1) is 0 Å². The molecule has 1 aromatic carbocycles. The zero-order valence-corrected chi connectivity index (χ0v) is 8.95. The van der Waals surface area contributed by atoms with Gasteiger partial charge in [-0.3, -0.25) is 5.41 Å². The van der Waals surface area contributed by atoms with E-state index in [2.05, 4.69) is 0 Å². The van der Waals surface area contributed by atoms with Gasteiger partial charge in [-0.05, 0) is 12.1 Å². The molecule has 1 fully saturated rings. The molecule has 4 nitrogen and oxygen atoms in total. The van der Waals surface area contributed by atoms with Crippen molar-refractivity contribution in [3.63, 3.8) is 0 Å². The van der Waals surface area contributed by atoms with Crippen molar-refractivity contribution in [3.05, 3.63) is 29.3 Å². The molecule has 1 aromatic rings. The van der Waals surface area contributed by atoms with Crippen molar-refractivity contribution in [3.8, 4) is 0 Å². The molecule has 0 aromatic heterocycles. The minimum Gasteiger partial charge on any atom is -0.320 e. The third-order valence-electron chi connectivity index (χ3n) is 2.27. The largest absolute Gasteiger partial charge is 0.330 e. The molecule has 78 valence electrons. The first kappa shape index (κ1) is 9.98. The Balaban J connectivity index is 2.44. The van der Waals surface area contributed by atoms with E-state index in [1.54, 1.807) is 31.3 Å². The lowest BCUT2D eigenvalue weighted by atomic mass is 10.3. The number of urea groups is 1. The second kappa shape index (κ2) is 3.55. The highest BCUT2D eigenvalue weighted by molar-refractivity contribution is 6.35. The van der Waals surface area contributed by atoms with E-state index < -0.39 is 0 Å². The third-order valence-corrected chi connectivity index (χ3v) is 2.59. The van der Waals surface area contributed by atoms with Gasteiger partial charge in [-0.1, -0.05) is 23.7 Å².